The number of rotatable bonds is 14. The average Bonchev–Trinajstić information content (AvgIpc) is 2.38. The molecule has 6 nitrogen and oxygen atoms in total. The molecule has 0 aromatic carbocycles. The zero-order valence-electron chi connectivity index (χ0n) is 13.2. The van der Waals surface area contributed by atoms with Gasteiger partial charge in [0, 0.05) is 12.2 Å². The first-order valence-electron chi connectivity index (χ1n) is 7.25. The molecule has 0 fully saturated rings. The number of ether oxygens (including phenoxy) is 4. The molecule has 0 aliphatic carbocycles. The van der Waals surface area contributed by atoms with E-state index in [2.05, 4.69) is 19.6 Å². The van der Waals surface area contributed by atoms with Crippen molar-refractivity contribution >= 4 is 8.07 Å². The maximum Gasteiger partial charge on any atom is 0.0701 e. The summed E-state index contributed by atoms with van der Waals surface area (Å²) in [5, 5.41) is 0. The van der Waals surface area contributed by atoms with E-state index in [4.69, 9.17) is 30.4 Å². The Kier molecular flexibility index (Phi) is 12.7. The van der Waals surface area contributed by atoms with Crippen LogP contribution in [0.1, 0.15) is 0 Å². The van der Waals surface area contributed by atoms with E-state index in [1.54, 1.807) is 0 Å². The van der Waals surface area contributed by atoms with Gasteiger partial charge in [-0.1, -0.05) is 19.6 Å². The van der Waals surface area contributed by atoms with Crippen LogP contribution < -0.4 is 11.5 Å². The topological polar surface area (TPSA) is 89.0 Å². The number of nitrogens with two attached hydrogens (primary N) is 2. The Balaban J connectivity index is 3.14. The maximum atomic E-state index is 6.04. The molecule has 0 aromatic rings. The number of hydrogen-bond donors (Lipinski definition) is 2. The van der Waals surface area contributed by atoms with Crippen LogP contribution in [0.15, 0.2) is 0 Å². The van der Waals surface area contributed by atoms with Crippen molar-refractivity contribution in [3.05, 3.63) is 0 Å². The molecule has 0 rings (SSSR count). The summed E-state index contributed by atoms with van der Waals surface area (Å²) >= 11 is 0. The second kappa shape index (κ2) is 12.7. The molecule has 4 N–H and O–H groups in total. The Bertz CT molecular complexity index is 215. The molecule has 0 heterocycles. The van der Waals surface area contributed by atoms with E-state index in [1.807, 2.05) is 0 Å². The lowest BCUT2D eigenvalue weighted by atomic mass is 10.6. The minimum absolute atomic E-state index is 0.180. The SMILES string of the molecule is C[Si](C)(C)C(N)COCCOCCOCCOCCN. The molecule has 1 unspecified atom stereocenters. The lowest BCUT2D eigenvalue weighted by Crippen LogP contribution is -2.48. The molecule has 0 amide bonds. The quantitative estimate of drug-likeness (QED) is 0.352. The Morgan fingerprint density at radius 1 is 0.750 bits per heavy atom. The van der Waals surface area contributed by atoms with Crippen LogP contribution >= 0.6 is 0 Å². The molecule has 0 radical (unpaired) electrons. The maximum absolute atomic E-state index is 6.04. The first-order valence-corrected chi connectivity index (χ1v) is 10.8. The largest absolute Gasteiger partial charge is 0.378 e. The summed E-state index contributed by atoms with van der Waals surface area (Å²) in [6.45, 7) is 11.9. The third kappa shape index (κ3) is 13.0. The van der Waals surface area contributed by atoms with Crippen LogP contribution in [0.2, 0.25) is 19.6 Å². The summed E-state index contributed by atoms with van der Waals surface area (Å²) in [5.74, 6) is 0. The highest BCUT2D eigenvalue weighted by Gasteiger charge is 2.22. The van der Waals surface area contributed by atoms with E-state index in [0.29, 0.717) is 59.4 Å². The smallest absolute Gasteiger partial charge is 0.0701 e. The van der Waals surface area contributed by atoms with E-state index < -0.39 is 8.07 Å². The third-order valence-electron chi connectivity index (χ3n) is 2.79. The van der Waals surface area contributed by atoms with E-state index in [9.17, 15) is 0 Å². The summed E-state index contributed by atoms with van der Waals surface area (Å²) in [6.07, 6.45) is 0. The van der Waals surface area contributed by atoms with Crippen molar-refractivity contribution < 1.29 is 18.9 Å². The van der Waals surface area contributed by atoms with Gasteiger partial charge in [0.25, 0.3) is 0 Å². The van der Waals surface area contributed by atoms with Crippen molar-refractivity contribution in [3.8, 4) is 0 Å². The Hall–Kier alpha value is -0.0231. The van der Waals surface area contributed by atoms with Gasteiger partial charge in [0.2, 0.25) is 0 Å². The summed E-state index contributed by atoms with van der Waals surface area (Å²) in [6, 6.07) is 0. The van der Waals surface area contributed by atoms with Crippen LogP contribution in [0.5, 0.6) is 0 Å². The van der Waals surface area contributed by atoms with E-state index in [1.165, 1.54) is 0 Å². The molecule has 0 aliphatic heterocycles. The van der Waals surface area contributed by atoms with Gasteiger partial charge in [0.05, 0.1) is 60.9 Å². The second-order valence-corrected chi connectivity index (χ2v) is 11.1. The average molecular weight is 308 g/mol. The first kappa shape index (κ1) is 20.0. The summed E-state index contributed by atoms with van der Waals surface area (Å²) in [5.41, 5.74) is 11.5. The Morgan fingerprint density at radius 3 is 1.55 bits per heavy atom. The van der Waals surface area contributed by atoms with Gasteiger partial charge in [0.15, 0.2) is 0 Å². The molecule has 0 bridgehead atoms. The molecular formula is C13H32N2O4Si. The molecule has 0 saturated carbocycles. The normalized spacial score (nSPS) is 13.7. The van der Waals surface area contributed by atoms with Crippen LogP contribution in [0.3, 0.4) is 0 Å². The standard InChI is InChI=1S/C13H32N2O4Si/c1-20(2,3)13(15)12-19-11-10-18-9-8-17-7-6-16-5-4-14/h13H,4-12,14-15H2,1-3H3. The highest BCUT2D eigenvalue weighted by Crippen LogP contribution is 2.05. The minimum Gasteiger partial charge on any atom is -0.378 e. The molecule has 20 heavy (non-hydrogen) atoms. The van der Waals surface area contributed by atoms with Gasteiger partial charge >= 0.3 is 0 Å². The van der Waals surface area contributed by atoms with Crippen LogP contribution in [0.4, 0.5) is 0 Å². The molecule has 0 saturated heterocycles. The van der Waals surface area contributed by atoms with Gasteiger partial charge in [-0.05, 0) is 0 Å². The lowest BCUT2D eigenvalue weighted by Gasteiger charge is -2.24. The van der Waals surface area contributed by atoms with Crippen LogP contribution in [-0.4, -0.2) is 73.1 Å². The van der Waals surface area contributed by atoms with Gasteiger partial charge in [-0.25, -0.2) is 0 Å². The predicted molar refractivity (Wildman–Crippen MR) is 83.7 cm³/mol. The van der Waals surface area contributed by atoms with E-state index >= 15 is 0 Å². The highest BCUT2D eigenvalue weighted by atomic mass is 28.3. The number of hydrogen-bond acceptors (Lipinski definition) is 6. The Morgan fingerprint density at radius 2 is 1.15 bits per heavy atom. The molecule has 1 atom stereocenters. The van der Waals surface area contributed by atoms with Gasteiger partial charge in [-0.15, -0.1) is 0 Å². The fourth-order valence-electron chi connectivity index (χ4n) is 1.20. The molecule has 122 valence electrons. The van der Waals surface area contributed by atoms with Crippen molar-refractivity contribution in [3.63, 3.8) is 0 Å². The van der Waals surface area contributed by atoms with Gasteiger partial charge in [-0.3, -0.25) is 0 Å². The van der Waals surface area contributed by atoms with Crippen molar-refractivity contribution in [2.75, 3.05) is 59.4 Å². The summed E-state index contributed by atoms with van der Waals surface area (Å²) in [4.78, 5) is 0. The lowest BCUT2D eigenvalue weighted by molar-refractivity contribution is -0.00103. The first-order chi connectivity index (χ1) is 9.48. The molecule has 0 aliphatic rings. The monoisotopic (exact) mass is 308 g/mol. The fourth-order valence-corrected chi connectivity index (χ4v) is 1.82. The molecule has 0 aromatic heterocycles. The van der Waals surface area contributed by atoms with Gasteiger partial charge in [-0.2, -0.15) is 0 Å². The highest BCUT2D eigenvalue weighted by molar-refractivity contribution is 6.77. The Labute approximate surface area is 124 Å². The minimum atomic E-state index is -1.29. The van der Waals surface area contributed by atoms with Gasteiger partial charge < -0.3 is 30.4 Å². The van der Waals surface area contributed by atoms with E-state index in [-0.39, 0.29) is 5.67 Å². The van der Waals surface area contributed by atoms with Crippen molar-refractivity contribution in [2.45, 2.75) is 25.3 Å². The van der Waals surface area contributed by atoms with Crippen molar-refractivity contribution in [1.82, 2.24) is 0 Å². The molecule has 0 spiro atoms. The van der Waals surface area contributed by atoms with E-state index in [0.717, 1.165) is 0 Å². The van der Waals surface area contributed by atoms with Gasteiger partial charge in [0.1, 0.15) is 0 Å². The van der Waals surface area contributed by atoms with Crippen molar-refractivity contribution in [1.29, 1.82) is 0 Å². The fraction of sp³-hybridized carbons (Fsp3) is 1.00. The zero-order chi connectivity index (χ0) is 15.3. The second-order valence-electron chi connectivity index (χ2n) is 5.67. The zero-order valence-corrected chi connectivity index (χ0v) is 14.2. The van der Waals surface area contributed by atoms with Crippen LogP contribution in [0.25, 0.3) is 0 Å². The van der Waals surface area contributed by atoms with Crippen LogP contribution in [0, 0.1) is 0 Å². The third-order valence-corrected chi connectivity index (χ3v) is 5.18. The molecule has 7 heteroatoms. The summed E-state index contributed by atoms with van der Waals surface area (Å²) < 4.78 is 21.4. The van der Waals surface area contributed by atoms with Crippen LogP contribution in [-0.2, 0) is 18.9 Å². The van der Waals surface area contributed by atoms with Crippen molar-refractivity contribution in [2.24, 2.45) is 11.5 Å². The summed E-state index contributed by atoms with van der Waals surface area (Å²) in [7, 11) is -1.29. The molecular weight excluding hydrogens is 276 g/mol. The predicted octanol–water partition coefficient (Wildman–Crippen LogP) is 0.216.